The summed E-state index contributed by atoms with van der Waals surface area (Å²) in [6.07, 6.45) is 0.775. The van der Waals surface area contributed by atoms with Gasteiger partial charge in [0.1, 0.15) is 5.75 Å². The zero-order chi connectivity index (χ0) is 22.2. The Morgan fingerprint density at radius 1 is 0.968 bits per heavy atom. The predicted octanol–water partition coefficient (Wildman–Crippen LogP) is 5.28. The minimum absolute atomic E-state index is 0.0782. The quantitative estimate of drug-likeness (QED) is 0.290. The van der Waals surface area contributed by atoms with E-state index < -0.39 is 16.9 Å². The number of benzene rings is 3. The van der Waals surface area contributed by atoms with Crippen LogP contribution in [-0.4, -0.2) is 22.7 Å². The molecule has 0 aliphatic rings. The van der Waals surface area contributed by atoms with Gasteiger partial charge in [-0.25, -0.2) is 0 Å². The number of rotatable bonds is 9. The Labute approximate surface area is 179 Å². The zero-order valence-electron chi connectivity index (χ0n) is 17.0. The highest BCUT2D eigenvalue weighted by Gasteiger charge is 2.21. The molecule has 7 nitrogen and oxygen atoms in total. The SMILES string of the molecule is CCCC(Oc1ccc(NC(=O)c2cccc([N+](=O)[O-])c2)cc1)C(=O)c1ccccc1. The fourth-order valence-corrected chi connectivity index (χ4v) is 3.04. The third-order valence-electron chi connectivity index (χ3n) is 4.61. The van der Waals surface area contributed by atoms with Gasteiger partial charge in [0.2, 0.25) is 5.78 Å². The lowest BCUT2D eigenvalue weighted by atomic mass is 10.0. The largest absolute Gasteiger partial charge is 0.482 e. The topological polar surface area (TPSA) is 98.5 Å². The molecule has 1 amide bonds. The van der Waals surface area contributed by atoms with E-state index in [2.05, 4.69) is 5.32 Å². The maximum Gasteiger partial charge on any atom is 0.270 e. The maximum atomic E-state index is 12.8. The van der Waals surface area contributed by atoms with Crippen molar-refractivity contribution in [3.05, 3.63) is 100 Å². The lowest BCUT2D eigenvalue weighted by Gasteiger charge is -2.18. The lowest BCUT2D eigenvalue weighted by molar-refractivity contribution is -0.384. The number of amides is 1. The van der Waals surface area contributed by atoms with Crippen LogP contribution in [0.2, 0.25) is 0 Å². The first-order valence-corrected chi connectivity index (χ1v) is 9.89. The Hall–Kier alpha value is -4.00. The van der Waals surface area contributed by atoms with Gasteiger partial charge in [0, 0.05) is 28.9 Å². The first-order valence-electron chi connectivity index (χ1n) is 9.89. The van der Waals surface area contributed by atoms with Crippen molar-refractivity contribution in [1.82, 2.24) is 0 Å². The van der Waals surface area contributed by atoms with E-state index in [1.165, 1.54) is 24.3 Å². The third kappa shape index (κ3) is 5.76. The third-order valence-corrected chi connectivity index (χ3v) is 4.61. The number of Topliss-reactive ketones (excluding diaryl/α,β-unsaturated/α-hetero) is 1. The average molecular weight is 418 g/mol. The van der Waals surface area contributed by atoms with E-state index in [1.54, 1.807) is 36.4 Å². The maximum absolute atomic E-state index is 12.8. The molecule has 0 saturated heterocycles. The highest BCUT2D eigenvalue weighted by atomic mass is 16.6. The van der Waals surface area contributed by atoms with Crippen LogP contribution >= 0.6 is 0 Å². The van der Waals surface area contributed by atoms with Crippen molar-refractivity contribution in [3.63, 3.8) is 0 Å². The number of nitrogens with zero attached hydrogens (tertiary/aromatic N) is 1. The Morgan fingerprint density at radius 3 is 2.29 bits per heavy atom. The second kappa shape index (κ2) is 10.2. The minimum atomic E-state index is -0.599. The number of nitro benzene ring substituents is 1. The summed E-state index contributed by atoms with van der Waals surface area (Å²) in [4.78, 5) is 35.5. The van der Waals surface area contributed by atoms with Gasteiger partial charge in [-0.2, -0.15) is 0 Å². The molecule has 0 radical (unpaired) electrons. The molecule has 7 heteroatoms. The minimum Gasteiger partial charge on any atom is -0.482 e. The molecule has 1 atom stereocenters. The van der Waals surface area contributed by atoms with Crippen molar-refractivity contribution >= 4 is 23.1 Å². The summed E-state index contributed by atoms with van der Waals surface area (Å²) < 4.78 is 5.92. The first-order chi connectivity index (χ1) is 15.0. The fourth-order valence-electron chi connectivity index (χ4n) is 3.04. The van der Waals surface area contributed by atoms with E-state index in [4.69, 9.17) is 4.74 Å². The smallest absolute Gasteiger partial charge is 0.270 e. The fraction of sp³-hybridized carbons (Fsp3) is 0.167. The summed E-state index contributed by atoms with van der Waals surface area (Å²) in [5.74, 6) is -0.0259. The first kappa shape index (κ1) is 21.7. The molecular formula is C24H22N2O5. The number of hydrogen-bond acceptors (Lipinski definition) is 5. The van der Waals surface area contributed by atoms with Crippen LogP contribution in [0.1, 0.15) is 40.5 Å². The van der Waals surface area contributed by atoms with E-state index >= 15 is 0 Å². The molecule has 0 heterocycles. The van der Waals surface area contributed by atoms with Crippen molar-refractivity contribution in [2.75, 3.05) is 5.32 Å². The van der Waals surface area contributed by atoms with Gasteiger partial charge in [-0.15, -0.1) is 0 Å². The van der Waals surface area contributed by atoms with E-state index in [1.807, 2.05) is 25.1 Å². The molecule has 0 bridgehead atoms. The van der Waals surface area contributed by atoms with Gasteiger partial charge in [-0.3, -0.25) is 19.7 Å². The van der Waals surface area contributed by atoms with Crippen LogP contribution in [0.25, 0.3) is 0 Å². The van der Waals surface area contributed by atoms with Gasteiger partial charge in [-0.05, 0) is 36.8 Å². The molecule has 31 heavy (non-hydrogen) atoms. The Bertz CT molecular complexity index is 1060. The monoisotopic (exact) mass is 418 g/mol. The number of carbonyl (C=O) groups excluding carboxylic acids is 2. The van der Waals surface area contributed by atoms with Crippen molar-refractivity contribution in [2.45, 2.75) is 25.9 Å². The summed E-state index contributed by atoms with van der Waals surface area (Å²) in [5.41, 5.74) is 1.14. The average Bonchev–Trinajstić information content (AvgIpc) is 2.80. The molecule has 0 spiro atoms. The summed E-state index contributed by atoms with van der Waals surface area (Å²) in [5, 5.41) is 13.6. The van der Waals surface area contributed by atoms with Crippen LogP contribution in [0.3, 0.4) is 0 Å². The van der Waals surface area contributed by atoms with Gasteiger partial charge in [0.15, 0.2) is 6.10 Å². The molecule has 0 aromatic heterocycles. The highest BCUT2D eigenvalue weighted by Crippen LogP contribution is 2.21. The van der Waals surface area contributed by atoms with Gasteiger partial charge >= 0.3 is 0 Å². The number of ketones is 1. The number of anilines is 1. The molecule has 1 N–H and O–H groups in total. The molecule has 3 aromatic carbocycles. The van der Waals surface area contributed by atoms with Crippen LogP contribution in [0.15, 0.2) is 78.9 Å². The second-order valence-electron chi connectivity index (χ2n) is 6.91. The van der Waals surface area contributed by atoms with Crippen LogP contribution in [0.5, 0.6) is 5.75 Å². The highest BCUT2D eigenvalue weighted by molar-refractivity contribution is 6.04. The van der Waals surface area contributed by atoms with E-state index in [0.29, 0.717) is 23.4 Å². The van der Waals surface area contributed by atoms with Gasteiger partial charge in [0.05, 0.1) is 4.92 Å². The summed E-state index contributed by atoms with van der Waals surface area (Å²) in [6, 6.07) is 21.2. The number of carbonyl (C=O) groups is 2. The van der Waals surface area contributed by atoms with Crippen molar-refractivity contribution in [2.24, 2.45) is 0 Å². The molecule has 3 rings (SSSR count). The molecule has 1 unspecified atom stereocenters. The second-order valence-corrected chi connectivity index (χ2v) is 6.91. The molecule has 0 fully saturated rings. The summed E-state index contributed by atoms with van der Waals surface area (Å²) in [6.45, 7) is 1.99. The van der Waals surface area contributed by atoms with Crippen molar-refractivity contribution in [1.29, 1.82) is 0 Å². The molecule has 0 saturated carbocycles. The summed E-state index contributed by atoms with van der Waals surface area (Å²) >= 11 is 0. The Kier molecular flexibility index (Phi) is 7.11. The molecule has 0 aliphatic heterocycles. The number of hydrogen-bond donors (Lipinski definition) is 1. The number of non-ortho nitro benzene ring substituents is 1. The molecule has 158 valence electrons. The number of nitrogens with one attached hydrogen (secondary N) is 1. The normalized spacial score (nSPS) is 11.4. The Balaban J connectivity index is 1.67. The number of nitro groups is 1. The van der Waals surface area contributed by atoms with E-state index in [0.717, 1.165) is 6.42 Å². The van der Waals surface area contributed by atoms with Crippen LogP contribution < -0.4 is 10.1 Å². The van der Waals surface area contributed by atoms with Crippen molar-refractivity contribution < 1.29 is 19.2 Å². The van der Waals surface area contributed by atoms with Crippen molar-refractivity contribution in [3.8, 4) is 5.75 Å². The van der Waals surface area contributed by atoms with E-state index in [9.17, 15) is 19.7 Å². The van der Waals surface area contributed by atoms with Gasteiger partial charge in [0.25, 0.3) is 11.6 Å². The van der Waals surface area contributed by atoms with Crippen LogP contribution in [0.4, 0.5) is 11.4 Å². The van der Waals surface area contributed by atoms with Gasteiger partial charge in [-0.1, -0.05) is 49.7 Å². The van der Waals surface area contributed by atoms with E-state index in [-0.39, 0.29) is 17.0 Å². The lowest BCUT2D eigenvalue weighted by Crippen LogP contribution is -2.27. The zero-order valence-corrected chi connectivity index (χ0v) is 17.0. The predicted molar refractivity (Wildman–Crippen MR) is 118 cm³/mol. The van der Waals surface area contributed by atoms with Gasteiger partial charge < -0.3 is 10.1 Å². The standard InChI is InChI=1S/C24H22N2O5/c1-2-7-22(23(27)17-8-4-3-5-9-17)31-21-14-12-19(13-15-21)25-24(28)18-10-6-11-20(16-18)26(29)30/h3-6,8-16,22H,2,7H2,1H3,(H,25,28). The summed E-state index contributed by atoms with van der Waals surface area (Å²) in [7, 11) is 0. The molecule has 3 aromatic rings. The van der Waals surface area contributed by atoms with Crippen LogP contribution in [-0.2, 0) is 0 Å². The molecule has 0 aliphatic carbocycles. The van der Waals surface area contributed by atoms with Crippen LogP contribution in [0, 0.1) is 10.1 Å². The number of ether oxygens (including phenoxy) is 1. The Morgan fingerprint density at radius 2 is 1.65 bits per heavy atom. The molecular weight excluding hydrogens is 396 g/mol.